The highest BCUT2D eigenvalue weighted by atomic mass is 16.5. The van der Waals surface area contributed by atoms with Gasteiger partial charge in [-0.1, -0.05) is 12.1 Å². The lowest BCUT2D eigenvalue weighted by Gasteiger charge is -2.09. The number of carbonyl (C=O) groups is 1. The average molecular weight is 377 g/mol. The molecule has 0 atom stereocenters. The lowest BCUT2D eigenvalue weighted by atomic mass is 10.1. The number of rotatable bonds is 8. The van der Waals surface area contributed by atoms with E-state index in [0.29, 0.717) is 30.2 Å². The first-order valence-corrected chi connectivity index (χ1v) is 9.08. The SMILES string of the molecule is CCOc1ccc(Oc2ccc(NC(=O)c3cccc(COC)c3)cc2)cc1. The van der Waals surface area contributed by atoms with Crippen molar-refractivity contribution in [2.75, 3.05) is 19.0 Å². The molecule has 0 aliphatic rings. The molecule has 5 heteroatoms. The van der Waals surface area contributed by atoms with E-state index in [1.807, 2.05) is 61.5 Å². The molecule has 3 rings (SSSR count). The fourth-order valence-corrected chi connectivity index (χ4v) is 2.69. The van der Waals surface area contributed by atoms with Crippen molar-refractivity contribution >= 4 is 11.6 Å². The number of nitrogens with one attached hydrogen (secondary N) is 1. The van der Waals surface area contributed by atoms with Crippen LogP contribution in [0.1, 0.15) is 22.8 Å². The maximum atomic E-state index is 12.4. The van der Waals surface area contributed by atoms with Crippen LogP contribution in [0.15, 0.2) is 72.8 Å². The van der Waals surface area contributed by atoms with E-state index in [1.165, 1.54) is 0 Å². The number of benzene rings is 3. The molecule has 0 spiro atoms. The van der Waals surface area contributed by atoms with Gasteiger partial charge in [0.25, 0.3) is 5.91 Å². The molecule has 3 aromatic rings. The lowest BCUT2D eigenvalue weighted by molar-refractivity contribution is 0.102. The van der Waals surface area contributed by atoms with Gasteiger partial charge in [-0.2, -0.15) is 0 Å². The Morgan fingerprint density at radius 3 is 2.18 bits per heavy atom. The van der Waals surface area contributed by atoms with Crippen LogP contribution in [0.25, 0.3) is 0 Å². The number of hydrogen-bond donors (Lipinski definition) is 1. The highest BCUT2D eigenvalue weighted by Crippen LogP contribution is 2.25. The Morgan fingerprint density at radius 2 is 1.54 bits per heavy atom. The maximum Gasteiger partial charge on any atom is 0.255 e. The zero-order valence-corrected chi connectivity index (χ0v) is 16.0. The van der Waals surface area contributed by atoms with Crippen LogP contribution >= 0.6 is 0 Å². The summed E-state index contributed by atoms with van der Waals surface area (Å²) in [6, 6.07) is 22.0. The molecule has 0 heterocycles. The molecule has 0 saturated heterocycles. The second-order valence-electron chi connectivity index (χ2n) is 6.12. The first kappa shape index (κ1) is 19.5. The summed E-state index contributed by atoms with van der Waals surface area (Å²) >= 11 is 0. The molecule has 0 radical (unpaired) electrons. The molecule has 0 unspecified atom stereocenters. The van der Waals surface area contributed by atoms with Crippen molar-refractivity contribution in [1.29, 1.82) is 0 Å². The number of ether oxygens (including phenoxy) is 3. The summed E-state index contributed by atoms with van der Waals surface area (Å²) in [5.41, 5.74) is 2.24. The molecule has 1 N–H and O–H groups in total. The van der Waals surface area contributed by atoms with Crippen LogP contribution in [-0.4, -0.2) is 19.6 Å². The van der Waals surface area contributed by atoms with Gasteiger partial charge in [-0.05, 0) is 73.2 Å². The van der Waals surface area contributed by atoms with E-state index in [-0.39, 0.29) is 5.91 Å². The predicted octanol–water partition coefficient (Wildman–Crippen LogP) is 5.28. The summed E-state index contributed by atoms with van der Waals surface area (Å²) in [7, 11) is 1.63. The third kappa shape index (κ3) is 5.34. The van der Waals surface area contributed by atoms with E-state index in [1.54, 1.807) is 25.3 Å². The summed E-state index contributed by atoms with van der Waals surface area (Å²) in [5.74, 6) is 2.04. The second-order valence-corrected chi connectivity index (χ2v) is 6.12. The van der Waals surface area contributed by atoms with Crippen molar-refractivity contribution < 1.29 is 19.0 Å². The van der Waals surface area contributed by atoms with E-state index in [2.05, 4.69) is 5.32 Å². The van der Waals surface area contributed by atoms with Crippen molar-refractivity contribution in [3.8, 4) is 17.2 Å². The van der Waals surface area contributed by atoms with E-state index in [0.717, 1.165) is 17.1 Å². The van der Waals surface area contributed by atoms with Crippen molar-refractivity contribution in [2.24, 2.45) is 0 Å². The second kappa shape index (κ2) is 9.58. The first-order valence-electron chi connectivity index (χ1n) is 9.08. The minimum absolute atomic E-state index is 0.168. The van der Waals surface area contributed by atoms with Crippen LogP contribution in [-0.2, 0) is 11.3 Å². The predicted molar refractivity (Wildman–Crippen MR) is 109 cm³/mol. The van der Waals surface area contributed by atoms with Gasteiger partial charge in [0.1, 0.15) is 17.2 Å². The zero-order valence-electron chi connectivity index (χ0n) is 16.0. The van der Waals surface area contributed by atoms with Crippen LogP contribution in [0.2, 0.25) is 0 Å². The van der Waals surface area contributed by atoms with Crippen molar-refractivity contribution in [3.63, 3.8) is 0 Å². The van der Waals surface area contributed by atoms with Crippen LogP contribution in [0, 0.1) is 0 Å². The molecule has 1 amide bonds. The normalized spacial score (nSPS) is 10.4. The number of carbonyl (C=O) groups excluding carboxylic acids is 1. The Kier molecular flexibility index (Phi) is 6.65. The van der Waals surface area contributed by atoms with Crippen LogP contribution < -0.4 is 14.8 Å². The number of anilines is 1. The monoisotopic (exact) mass is 377 g/mol. The lowest BCUT2D eigenvalue weighted by Crippen LogP contribution is -2.12. The molecule has 0 aromatic heterocycles. The van der Waals surface area contributed by atoms with Gasteiger partial charge < -0.3 is 19.5 Å². The quantitative estimate of drug-likeness (QED) is 0.580. The Hall–Kier alpha value is -3.31. The summed E-state index contributed by atoms with van der Waals surface area (Å²) in [4.78, 5) is 12.4. The molecule has 5 nitrogen and oxygen atoms in total. The van der Waals surface area contributed by atoms with Gasteiger partial charge >= 0.3 is 0 Å². The zero-order chi connectivity index (χ0) is 19.8. The van der Waals surface area contributed by atoms with Crippen molar-refractivity contribution in [2.45, 2.75) is 13.5 Å². The highest BCUT2D eigenvalue weighted by Gasteiger charge is 2.07. The molecule has 144 valence electrons. The molecular weight excluding hydrogens is 354 g/mol. The fourth-order valence-electron chi connectivity index (χ4n) is 2.69. The smallest absolute Gasteiger partial charge is 0.255 e. The Bertz CT molecular complexity index is 905. The molecular formula is C23H23NO4. The Labute approximate surface area is 164 Å². The van der Waals surface area contributed by atoms with Gasteiger partial charge in [0.05, 0.1) is 13.2 Å². The van der Waals surface area contributed by atoms with E-state index in [9.17, 15) is 4.79 Å². The van der Waals surface area contributed by atoms with E-state index < -0.39 is 0 Å². The molecule has 0 fully saturated rings. The van der Waals surface area contributed by atoms with Crippen molar-refractivity contribution in [1.82, 2.24) is 0 Å². The standard InChI is InChI=1S/C23H23NO4/c1-3-27-20-11-13-22(14-12-20)28-21-9-7-19(8-10-21)24-23(25)18-6-4-5-17(15-18)16-26-2/h4-15H,3,16H2,1-2H3,(H,24,25). The number of amides is 1. The molecule has 0 bridgehead atoms. The molecule has 0 aliphatic carbocycles. The largest absolute Gasteiger partial charge is 0.494 e. The van der Waals surface area contributed by atoms with Gasteiger partial charge in [0, 0.05) is 18.4 Å². The maximum absolute atomic E-state index is 12.4. The Morgan fingerprint density at radius 1 is 0.893 bits per heavy atom. The van der Waals surface area contributed by atoms with Gasteiger partial charge in [0.15, 0.2) is 0 Å². The van der Waals surface area contributed by atoms with E-state index in [4.69, 9.17) is 14.2 Å². The first-order chi connectivity index (χ1) is 13.7. The third-order valence-corrected chi connectivity index (χ3v) is 3.98. The van der Waals surface area contributed by atoms with E-state index >= 15 is 0 Å². The fraction of sp³-hybridized carbons (Fsp3) is 0.174. The van der Waals surface area contributed by atoms with Crippen LogP contribution in [0.4, 0.5) is 5.69 Å². The topological polar surface area (TPSA) is 56.8 Å². The van der Waals surface area contributed by atoms with Gasteiger partial charge in [-0.15, -0.1) is 0 Å². The molecule has 28 heavy (non-hydrogen) atoms. The highest BCUT2D eigenvalue weighted by molar-refractivity contribution is 6.04. The van der Waals surface area contributed by atoms with Gasteiger partial charge in [-0.3, -0.25) is 4.79 Å². The minimum Gasteiger partial charge on any atom is -0.494 e. The van der Waals surface area contributed by atoms with Crippen LogP contribution in [0.5, 0.6) is 17.2 Å². The number of hydrogen-bond acceptors (Lipinski definition) is 4. The van der Waals surface area contributed by atoms with Crippen LogP contribution in [0.3, 0.4) is 0 Å². The minimum atomic E-state index is -0.168. The summed E-state index contributed by atoms with van der Waals surface area (Å²) in [6.45, 7) is 3.05. The average Bonchev–Trinajstić information content (AvgIpc) is 2.72. The van der Waals surface area contributed by atoms with Gasteiger partial charge in [-0.25, -0.2) is 0 Å². The summed E-state index contributed by atoms with van der Waals surface area (Å²) in [6.07, 6.45) is 0. The third-order valence-electron chi connectivity index (χ3n) is 3.98. The molecule has 3 aromatic carbocycles. The van der Waals surface area contributed by atoms with Gasteiger partial charge in [0.2, 0.25) is 0 Å². The summed E-state index contributed by atoms with van der Waals surface area (Å²) in [5, 5.41) is 2.89. The van der Waals surface area contributed by atoms with Crippen molar-refractivity contribution in [3.05, 3.63) is 83.9 Å². The number of methoxy groups -OCH3 is 1. The molecule has 0 saturated carbocycles. The summed E-state index contributed by atoms with van der Waals surface area (Å²) < 4.78 is 16.3. The Balaban J connectivity index is 1.61. The molecule has 0 aliphatic heterocycles.